The highest BCUT2D eigenvalue weighted by molar-refractivity contribution is 5.70. The second-order valence-corrected chi connectivity index (χ2v) is 4.16. The van der Waals surface area contributed by atoms with Gasteiger partial charge in [0.1, 0.15) is 0 Å². The first-order valence-corrected chi connectivity index (χ1v) is 6.43. The van der Waals surface area contributed by atoms with Gasteiger partial charge >= 0.3 is 5.97 Å². The Balaban J connectivity index is 0.000000771. The molecule has 0 spiro atoms. The van der Waals surface area contributed by atoms with Gasteiger partial charge in [-0.25, -0.2) is 9.97 Å². The van der Waals surface area contributed by atoms with Gasteiger partial charge in [-0.3, -0.25) is 4.79 Å². The molecule has 0 bridgehead atoms. The fourth-order valence-corrected chi connectivity index (χ4v) is 1.88. The highest BCUT2D eigenvalue weighted by Gasteiger charge is 2.25. The number of carboxylic acid groups (broad SMARTS) is 1. The number of rotatable bonds is 2. The average Bonchev–Trinajstić information content (AvgIpc) is 2.42. The number of hydrogen-bond acceptors (Lipinski definition) is 4. The number of nitrogens with zero attached hydrogens (tertiary/aromatic N) is 3. The summed E-state index contributed by atoms with van der Waals surface area (Å²) in [4.78, 5) is 21.3. The van der Waals surface area contributed by atoms with E-state index in [-0.39, 0.29) is 5.92 Å². The Hall–Kier alpha value is -1.65. The Labute approximate surface area is 108 Å². The van der Waals surface area contributed by atoms with Crippen molar-refractivity contribution in [1.82, 2.24) is 9.97 Å². The Morgan fingerprint density at radius 3 is 2.22 bits per heavy atom. The van der Waals surface area contributed by atoms with E-state index in [9.17, 15) is 4.79 Å². The zero-order valence-corrected chi connectivity index (χ0v) is 11.3. The zero-order chi connectivity index (χ0) is 13.5. The van der Waals surface area contributed by atoms with Crippen LogP contribution in [-0.2, 0) is 4.79 Å². The van der Waals surface area contributed by atoms with Crippen LogP contribution in [0.4, 0.5) is 5.95 Å². The second-order valence-electron chi connectivity index (χ2n) is 4.16. The van der Waals surface area contributed by atoms with Gasteiger partial charge in [-0.2, -0.15) is 0 Å². The Morgan fingerprint density at radius 1 is 1.28 bits per heavy atom. The van der Waals surface area contributed by atoms with Gasteiger partial charge in [-0.15, -0.1) is 0 Å². The summed E-state index contributed by atoms with van der Waals surface area (Å²) in [5, 5.41) is 8.88. The van der Waals surface area contributed by atoms with Crippen molar-refractivity contribution in [3.05, 3.63) is 18.0 Å². The van der Waals surface area contributed by atoms with E-state index in [1.807, 2.05) is 25.7 Å². The van der Waals surface area contributed by atoms with Crippen LogP contribution in [0.15, 0.2) is 12.4 Å². The molecule has 2 heterocycles. The normalized spacial score (nSPS) is 15.8. The lowest BCUT2D eigenvalue weighted by Gasteiger charge is -2.29. The van der Waals surface area contributed by atoms with Gasteiger partial charge in [0.2, 0.25) is 5.95 Å². The molecule has 5 heteroatoms. The van der Waals surface area contributed by atoms with Crippen LogP contribution in [-0.4, -0.2) is 34.1 Å². The maximum Gasteiger partial charge on any atom is 0.306 e. The number of carboxylic acids is 1. The third-order valence-electron chi connectivity index (χ3n) is 2.89. The number of aryl methyl sites for hydroxylation is 1. The third kappa shape index (κ3) is 3.68. The van der Waals surface area contributed by atoms with Crippen molar-refractivity contribution in [2.45, 2.75) is 33.6 Å². The molecule has 0 saturated carbocycles. The van der Waals surface area contributed by atoms with Crippen LogP contribution < -0.4 is 4.90 Å². The van der Waals surface area contributed by atoms with E-state index in [0.717, 1.165) is 18.7 Å². The first-order chi connectivity index (χ1) is 8.66. The average molecular weight is 251 g/mol. The first kappa shape index (κ1) is 14.4. The van der Waals surface area contributed by atoms with Crippen molar-refractivity contribution in [3.63, 3.8) is 0 Å². The maximum atomic E-state index is 10.8. The number of aliphatic carboxylic acids is 1. The van der Waals surface area contributed by atoms with Crippen LogP contribution in [0.5, 0.6) is 0 Å². The smallest absolute Gasteiger partial charge is 0.306 e. The van der Waals surface area contributed by atoms with Crippen molar-refractivity contribution < 1.29 is 9.90 Å². The van der Waals surface area contributed by atoms with Gasteiger partial charge in [0.25, 0.3) is 0 Å². The summed E-state index contributed by atoms with van der Waals surface area (Å²) < 4.78 is 0. The lowest BCUT2D eigenvalue weighted by molar-refractivity contribution is -0.142. The van der Waals surface area contributed by atoms with Gasteiger partial charge in [0.15, 0.2) is 0 Å². The molecule has 100 valence electrons. The van der Waals surface area contributed by atoms with E-state index in [4.69, 9.17) is 5.11 Å². The molecule has 5 nitrogen and oxygen atoms in total. The lowest BCUT2D eigenvalue weighted by atomic mass is 9.97. The molecule has 1 aliphatic heterocycles. The van der Waals surface area contributed by atoms with Crippen LogP contribution in [0.2, 0.25) is 0 Å². The predicted molar refractivity (Wildman–Crippen MR) is 70.7 cm³/mol. The fourth-order valence-electron chi connectivity index (χ4n) is 1.88. The second kappa shape index (κ2) is 6.93. The van der Waals surface area contributed by atoms with Gasteiger partial charge < -0.3 is 10.0 Å². The monoisotopic (exact) mass is 251 g/mol. The summed E-state index contributed by atoms with van der Waals surface area (Å²) in [5.74, 6) is -0.194. The molecular formula is C13H21N3O2. The largest absolute Gasteiger partial charge is 0.481 e. The van der Waals surface area contributed by atoms with E-state index in [1.165, 1.54) is 0 Å². The molecule has 0 aliphatic carbocycles. The summed E-state index contributed by atoms with van der Waals surface area (Å²) in [6.07, 6.45) is 4.91. The molecule has 1 saturated heterocycles. The van der Waals surface area contributed by atoms with Crippen molar-refractivity contribution >= 4 is 11.9 Å². The van der Waals surface area contributed by atoms with Crippen LogP contribution >= 0.6 is 0 Å². The summed E-state index contributed by atoms with van der Waals surface area (Å²) in [5.41, 5.74) is 1.03. The summed E-state index contributed by atoms with van der Waals surface area (Å²) in [6.45, 7) is 7.39. The van der Waals surface area contributed by atoms with Crippen molar-refractivity contribution in [3.8, 4) is 0 Å². The van der Waals surface area contributed by atoms with E-state index in [0.29, 0.717) is 18.8 Å². The van der Waals surface area contributed by atoms with Crippen LogP contribution in [0.25, 0.3) is 0 Å². The molecule has 1 aromatic heterocycles. The highest BCUT2D eigenvalue weighted by atomic mass is 16.4. The lowest BCUT2D eigenvalue weighted by Crippen LogP contribution is -2.37. The van der Waals surface area contributed by atoms with Crippen molar-refractivity contribution in [2.75, 3.05) is 18.0 Å². The van der Waals surface area contributed by atoms with Crippen molar-refractivity contribution in [1.29, 1.82) is 0 Å². The van der Waals surface area contributed by atoms with Crippen molar-refractivity contribution in [2.24, 2.45) is 5.92 Å². The number of piperidine rings is 1. The minimum atomic E-state index is -0.690. The van der Waals surface area contributed by atoms with E-state index >= 15 is 0 Å². The summed E-state index contributed by atoms with van der Waals surface area (Å²) in [7, 11) is 0. The Kier molecular flexibility index (Phi) is 5.55. The molecule has 1 fully saturated rings. The third-order valence-corrected chi connectivity index (χ3v) is 2.89. The minimum Gasteiger partial charge on any atom is -0.481 e. The summed E-state index contributed by atoms with van der Waals surface area (Å²) >= 11 is 0. The number of hydrogen-bond donors (Lipinski definition) is 1. The zero-order valence-electron chi connectivity index (χ0n) is 11.3. The van der Waals surface area contributed by atoms with E-state index in [2.05, 4.69) is 9.97 Å². The first-order valence-electron chi connectivity index (χ1n) is 6.43. The van der Waals surface area contributed by atoms with Crippen LogP contribution in [0.3, 0.4) is 0 Å². The van der Waals surface area contributed by atoms with Crippen LogP contribution in [0, 0.1) is 12.8 Å². The van der Waals surface area contributed by atoms with Crippen LogP contribution in [0.1, 0.15) is 32.3 Å². The SMILES string of the molecule is CC.Cc1cnc(N2CCC(C(=O)O)CC2)nc1. The van der Waals surface area contributed by atoms with Gasteiger partial charge in [-0.1, -0.05) is 13.8 Å². The van der Waals surface area contributed by atoms with E-state index < -0.39 is 5.97 Å². The molecule has 18 heavy (non-hydrogen) atoms. The number of carbonyl (C=O) groups is 1. The topological polar surface area (TPSA) is 66.3 Å². The highest BCUT2D eigenvalue weighted by Crippen LogP contribution is 2.20. The molecule has 1 aliphatic rings. The van der Waals surface area contributed by atoms with E-state index in [1.54, 1.807) is 12.4 Å². The predicted octanol–water partition coefficient (Wildman–Crippen LogP) is 2.11. The Morgan fingerprint density at radius 2 is 1.78 bits per heavy atom. The minimum absolute atomic E-state index is 0.207. The standard InChI is InChI=1S/C11H15N3O2.C2H6/c1-8-6-12-11(13-7-8)14-4-2-9(3-5-14)10(15)16;1-2/h6-7,9H,2-5H2,1H3,(H,15,16);1-2H3. The Bertz CT molecular complexity index is 370. The maximum absolute atomic E-state index is 10.8. The number of aromatic nitrogens is 2. The summed E-state index contributed by atoms with van der Waals surface area (Å²) in [6, 6.07) is 0. The molecule has 2 rings (SSSR count). The molecular weight excluding hydrogens is 230 g/mol. The van der Waals surface area contributed by atoms with Gasteiger partial charge in [-0.05, 0) is 25.3 Å². The molecule has 1 N–H and O–H groups in total. The van der Waals surface area contributed by atoms with Gasteiger partial charge in [0.05, 0.1) is 5.92 Å². The molecule has 0 aromatic carbocycles. The molecule has 0 unspecified atom stereocenters. The molecule has 1 aromatic rings. The molecule has 0 atom stereocenters. The van der Waals surface area contributed by atoms with Gasteiger partial charge in [0, 0.05) is 25.5 Å². The quantitative estimate of drug-likeness (QED) is 0.872. The fraction of sp³-hybridized carbons (Fsp3) is 0.615. The molecule has 0 radical (unpaired) electrons. The number of anilines is 1. The molecule has 0 amide bonds.